The molecular weight excluding hydrogens is 480 g/mol. The van der Waals surface area contributed by atoms with Crippen LogP contribution in [0.4, 0.5) is 5.69 Å². The van der Waals surface area contributed by atoms with Gasteiger partial charge in [0.25, 0.3) is 0 Å². The molecule has 1 aliphatic rings. The van der Waals surface area contributed by atoms with Gasteiger partial charge in [0.05, 0.1) is 28.8 Å². The second-order valence-corrected chi connectivity index (χ2v) is 10.5. The Morgan fingerprint density at radius 1 is 1.00 bits per heavy atom. The van der Waals surface area contributed by atoms with Gasteiger partial charge in [0, 0.05) is 39.0 Å². The van der Waals surface area contributed by atoms with Crippen LogP contribution in [-0.2, 0) is 4.79 Å². The van der Waals surface area contributed by atoms with Crippen molar-refractivity contribution in [1.29, 1.82) is 0 Å². The van der Waals surface area contributed by atoms with Gasteiger partial charge in [-0.25, -0.2) is 4.98 Å². The van der Waals surface area contributed by atoms with Crippen molar-refractivity contribution in [3.63, 3.8) is 0 Å². The van der Waals surface area contributed by atoms with Gasteiger partial charge in [-0.1, -0.05) is 31.0 Å². The molecule has 7 nitrogen and oxygen atoms in total. The van der Waals surface area contributed by atoms with Gasteiger partial charge in [0.15, 0.2) is 0 Å². The van der Waals surface area contributed by atoms with E-state index in [0.29, 0.717) is 5.69 Å². The topological polar surface area (TPSA) is 99.4 Å². The Kier molecular flexibility index (Phi) is 5.32. The van der Waals surface area contributed by atoms with E-state index in [9.17, 15) is 4.79 Å². The van der Waals surface area contributed by atoms with Crippen molar-refractivity contribution in [2.24, 2.45) is 5.92 Å². The molecule has 182 valence electrons. The number of aromatic amines is 2. The standard InChI is InChI=1S/C29H24N6OS/c36-29(17-5-1-2-6-17)31-19-13-18(15-30-16-19)22-10-11-24-27(33-22)28(35-34-24)25-14-21-20(26-9-4-12-37-26)7-3-8-23(21)32-25/h3-4,7-17,32H,1-2,5-6H2,(H,31,36)(H,34,35). The maximum absolute atomic E-state index is 12.6. The Balaban J connectivity index is 1.25. The predicted molar refractivity (Wildman–Crippen MR) is 148 cm³/mol. The average Bonchev–Trinajstić information content (AvgIpc) is 3.74. The van der Waals surface area contributed by atoms with Gasteiger partial charge in [0.1, 0.15) is 11.2 Å². The number of H-pyrrole nitrogens is 2. The van der Waals surface area contributed by atoms with Crippen LogP contribution in [0.3, 0.4) is 0 Å². The molecule has 0 unspecified atom stereocenters. The highest BCUT2D eigenvalue weighted by atomic mass is 32.1. The number of hydrogen-bond acceptors (Lipinski definition) is 5. The fourth-order valence-electron chi connectivity index (χ4n) is 5.26. The van der Waals surface area contributed by atoms with Crippen molar-refractivity contribution in [1.82, 2.24) is 25.1 Å². The number of pyridine rings is 2. The van der Waals surface area contributed by atoms with Crippen molar-refractivity contribution < 1.29 is 4.79 Å². The smallest absolute Gasteiger partial charge is 0.227 e. The predicted octanol–water partition coefficient (Wildman–Crippen LogP) is 7.03. The van der Waals surface area contributed by atoms with Crippen LogP contribution in [-0.4, -0.2) is 31.1 Å². The van der Waals surface area contributed by atoms with Crippen LogP contribution in [0.5, 0.6) is 0 Å². The first-order chi connectivity index (χ1) is 18.2. The molecular formula is C29H24N6OS. The van der Waals surface area contributed by atoms with E-state index in [4.69, 9.17) is 4.98 Å². The molecule has 1 amide bonds. The molecule has 0 atom stereocenters. The minimum Gasteiger partial charge on any atom is -0.353 e. The second-order valence-electron chi connectivity index (χ2n) is 9.52. The van der Waals surface area contributed by atoms with Crippen LogP contribution in [0, 0.1) is 5.92 Å². The van der Waals surface area contributed by atoms with Gasteiger partial charge in [-0.2, -0.15) is 5.10 Å². The van der Waals surface area contributed by atoms with Crippen LogP contribution in [0.1, 0.15) is 25.7 Å². The Hall–Kier alpha value is -4.30. The summed E-state index contributed by atoms with van der Waals surface area (Å²) in [5.74, 6) is 0.181. The van der Waals surface area contributed by atoms with Crippen LogP contribution in [0.15, 0.2) is 72.4 Å². The molecule has 37 heavy (non-hydrogen) atoms. The minimum atomic E-state index is 0.0812. The Labute approximate surface area is 217 Å². The summed E-state index contributed by atoms with van der Waals surface area (Å²) in [4.78, 5) is 26.7. The van der Waals surface area contributed by atoms with Gasteiger partial charge in [-0.15, -0.1) is 11.3 Å². The lowest BCUT2D eigenvalue weighted by molar-refractivity contribution is -0.119. The van der Waals surface area contributed by atoms with Crippen molar-refractivity contribution in [3.8, 4) is 33.1 Å². The molecule has 0 radical (unpaired) electrons. The van der Waals surface area contributed by atoms with E-state index >= 15 is 0 Å². The number of carbonyl (C=O) groups excluding carboxylic acids is 1. The first-order valence-corrected chi connectivity index (χ1v) is 13.4. The van der Waals surface area contributed by atoms with Crippen molar-refractivity contribution in [3.05, 3.63) is 72.4 Å². The molecule has 1 aliphatic carbocycles. The number of benzene rings is 1. The number of fused-ring (bicyclic) bond motifs is 2. The third kappa shape index (κ3) is 3.99. The summed E-state index contributed by atoms with van der Waals surface area (Å²) in [6.07, 6.45) is 7.63. The number of hydrogen-bond donors (Lipinski definition) is 3. The summed E-state index contributed by atoms with van der Waals surface area (Å²) < 4.78 is 0. The zero-order chi connectivity index (χ0) is 24.8. The van der Waals surface area contributed by atoms with Crippen LogP contribution < -0.4 is 5.32 Å². The van der Waals surface area contributed by atoms with Gasteiger partial charge >= 0.3 is 0 Å². The van der Waals surface area contributed by atoms with E-state index in [2.05, 4.69) is 67.3 Å². The molecule has 5 aromatic heterocycles. The highest BCUT2D eigenvalue weighted by Gasteiger charge is 2.23. The number of rotatable bonds is 5. The molecule has 6 aromatic rings. The number of nitrogens with zero attached hydrogens (tertiary/aromatic N) is 3. The molecule has 8 heteroatoms. The molecule has 0 aliphatic heterocycles. The summed E-state index contributed by atoms with van der Waals surface area (Å²) in [6.45, 7) is 0. The fraction of sp³-hybridized carbons (Fsp3) is 0.172. The number of anilines is 1. The minimum absolute atomic E-state index is 0.0812. The number of thiophene rings is 1. The maximum atomic E-state index is 12.6. The third-order valence-corrected chi connectivity index (χ3v) is 8.04. The van der Waals surface area contributed by atoms with E-state index in [1.165, 1.54) is 10.4 Å². The van der Waals surface area contributed by atoms with Crippen molar-refractivity contribution in [2.75, 3.05) is 5.32 Å². The zero-order valence-electron chi connectivity index (χ0n) is 20.0. The Bertz CT molecular complexity index is 1740. The summed E-state index contributed by atoms with van der Waals surface area (Å²) in [7, 11) is 0. The lowest BCUT2D eigenvalue weighted by atomic mass is 10.1. The number of aromatic nitrogens is 5. The van der Waals surface area contributed by atoms with Crippen LogP contribution in [0.25, 0.3) is 55.0 Å². The summed E-state index contributed by atoms with van der Waals surface area (Å²) >= 11 is 1.73. The molecule has 0 bridgehead atoms. The van der Waals surface area contributed by atoms with E-state index in [0.717, 1.165) is 70.3 Å². The monoisotopic (exact) mass is 504 g/mol. The fourth-order valence-corrected chi connectivity index (χ4v) is 6.02. The summed E-state index contributed by atoms with van der Waals surface area (Å²) in [5.41, 5.74) is 7.88. The number of amides is 1. The molecule has 0 spiro atoms. The SMILES string of the molecule is O=C(Nc1cncc(-c2ccc3[nH]nc(-c4cc5c(-c6cccs6)cccc5[nH]4)c3n2)c1)C1CCCC1. The third-order valence-electron chi connectivity index (χ3n) is 7.14. The first-order valence-electron chi connectivity index (χ1n) is 12.5. The van der Waals surface area contributed by atoms with Gasteiger partial charge in [-0.05, 0) is 54.6 Å². The molecule has 1 saturated carbocycles. The average molecular weight is 505 g/mol. The van der Waals surface area contributed by atoms with Gasteiger partial charge in [0.2, 0.25) is 5.91 Å². The highest BCUT2D eigenvalue weighted by Crippen LogP contribution is 2.36. The number of nitrogens with one attached hydrogen (secondary N) is 3. The van der Waals surface area contributed by atoms with Crippen molar-refractivity contribution >= 4 is 44.9 Å². The first kappa shape index (κ1) is 21.9. The van der Waals surface area contributed by atoms with Crippen LogP contribution in [0.2, 0.25) is 0 Å². The van der Waals surface area contributed by atoms with Crippen molar-refractivity contribution in [2.45, 2.75) is 25.7 Å². The highest BCUT2D eigenvalue weighted by molar-refractivity contribution is 7.13. The quantitative estimate of drug-likeness (QED) is 0.235. The molecule has 7 rings (SSSR count). The lowest BCUT2D eigenvalue weighted by Gasteiger charge is -2.11. The molecule has 1 fully saturated rings. The van der Waals surface area contributed by atoms with Gasteiger partial charge < -0.3 is 10.3 Å². The Morgan fingerprint density at radius 2 is 1.92 bits per heavy atom. The molecule has 3 N–H and O–H groups in total. The van der Waals surface area contributed by atoms with Crippen LogP contribution >= 0.6 is 11.3 Å². The zero-order valence-corrected chi connectivity index (χ0v) is 20.8. The molecule has 5 heterocycles. The van der Waals surface area contributed by atoms with E-state index in [1.807, 2.05) is 18.2 Å². The summed E-state index contributed by atoms with van der Waals surface area (Å²) in [6, 6.07) is 18.5. The summed E-state index contributed by atoms with van der Waals surface area (Å²) in [5, 5.41) is 14.0. The largest absolute Gasteiger partial charge is 0.353 e. The number of carbonyl (C=O) groups is 1. The maximum Gasteiger partial charge on any atom is 0.227 e. The van der Waals surface area contributed by atoms with Gasteiger partial charge in [-0.3, -0.25) is 14.9 Å². The lowest BCUT2D eigenvalue weighted by Crippen LogP contribution is -2.20. The Morgan fingerprint density at radius 3 is 2.78 bits per heavy atom. The van der Waals surface area contributed by atoms with E-state index in [1.54, 1.807) is 23.7 Å². The molecule has 1 aromatic carbocycles. The van der Waals surface area contributed by atoms with E-state index < -0.39 is 0 Å². The normalized spacial score (nSPS) is 14.1. The van der Waals surface area contributed by atoms with E-state index in [-0.39, 0.29) is 11.8 Å². The second kappa shape index (κ2) is 8.97. The molecule has 0 saturated heterocycles.